The second-order valence-electron chi connectivity index (χ2n) is 5.70. The summed E-state index contributed by atoms with van der Waals surface area (Å²) in [6.45, 7) is 0. The highest BCUT2D eigenvalue weighted by molar-refractivity contribution is 6.05. The van der Waals surface area contributed by atoms with Gasteiger partial charge in [0, 0.05) is 23.6 Å². The molecule has 4 N–H and O–H groups in total. The average Bonchev–Trinajstić information content (AvgIpc) is 2.73. The Hall–Kier alpha value is -4.20. The number of pyridine rings is 1. The Labute approximate surface area is 160 Å². The predicted octanol–water partition coefficient (Wildman–Crippen LogP) is 2.11. The Balaban J connectivity index is 1.63. The van der Waals surface area contributed by atoms with Crippen molar-refractivity contribution in [2.75, 3.05) is 5.32 Å². The Bertz CT molecular complexity index is 1020. The number of phenols is 1. The van der Waals surface area contributed by atoms with E-state index < -0.39 is 11.8 Å². The van der Waals surface area contributed by atoms with E-state index in [-0.39, 0.29) is 22.8 Å². The van der Waals surface area contributed by atoms with E-state index in [0.29, 0.717) is 11.3 Å². The second kappa shape index (κ2) is 8.45. The zero-order chi connectivity index (χ0) is 19.9. The number of rotatable bonds is 4. The molecule has 8 nitrogen and oxygen atoms in total. The van der Waals surface area contributed by atoms with Crippen LogP contribution >= 0.6 is 0 Å². The molecule has 8 heteroatoms. The molecule has 1 aromatic heterocycles. The maximum atomic E-state index is 12.3. The van der Waals surface area contributed by atoms with Crippen molar-refractivity contribution in [1.29, 1.82) is 0 Å². The first-order chi connectivity index (χ1) is 13.5. The highest BCUT2D eigenvalue weighted by atomic mass is 16.3. The minimum atomic E-state index is -0.660. The smallest absolute Gasteiger partial charge is 0.273 e. The molecule has 0 aliphatic carbocycles. The summed E-state index contributed by atoms with van der Waals surface area (Å²) >= 11 is 0. The Morgan fingerprint density at radius 2 is 1.54 bits per heavy atom. The number of nitrogens with one attached hydrogen (secondary N) is 3. The van der Waals surface area contributed by atoms with E-state index in [1.165, 1.54) is 30.5 Å². The monoisotopic (exact) mass is 376 g/mol. The third-order valence-electron chi connectivity index (χ3n) is 3.74. The van der Waals surface area contributed by atoms with Gasteiger partial charge < -0.3 is 10.4 Å². The summed E-state index contributed by atoms with van der Waals surface area (Å²) in [5, 5.41) is 12.3. The van der Waals surface area contributed by atoms with Crippen molar-refractivity contribution < 1.29 is 19.5 Å². The summed E-state index contributed by atoms with van der Waals surface area (Å²) in [6.07, 6.45) is 2.99. The fourth-order valence-electron chi connectivity index (χ4n) is 2.36. The lowest BCUT2D eigenvalue weighted by molar-refractivity contribution is 0.0845. The number of carbonyl (C=O) groups is 3. The predicted molar refractivity (Wildman–Crippen MR) is 102 cm³/mol. The molecule has 0 fully saturated rings. The summed E-state index contributed by atoms with van der Waals surface area (Å²) in [6, 6.07) is 15.4. The number of nitrogens with zero attached hydrogens (tertiary/aromatic N) is 1. The number of aromatic nitrogens is 1. The molecule has 2 aromatic carbocycles. The molecule has 0 radical (unpaired) electrons. The van der Waals surface area contributed by atoms with Crippen LogP contribution in [-0.4, -0.2) is 27.8 Å². The molecule has 3 aromatic rings. The van der Waals surface area contributed by atoms with Crippen LogP contribution in [0.15, 0.2) is 73.1 Å². The largest absolute Gasteiger partial charge is 0.507 e. The zero-order valence-corrected chi connectivity index (χ0v) is 14.5. The molecule has 3 rings (SSSR count). The molecule has 28 heavy (non-hydrogen) atoms. The van der Waals surface area contributed by atoms with Crippen molar-refractivity contribution >= 4 is 23.4 Å². The summed E-state index contributed by atoms with van der Waals surface area (Å²) in [4.78, 5) is 40.3. The molecule has 0 saturated heterocycles. The van der Waals surface area contributed by atoms with Gasteiger partial charge in [-0.3, -0.25) is 30.2 Å². The van der Waals surface area contributed by atoms with Crippen molar-refractivity contribution in [1.82, 2.24) is 15.8 Å². The Kier molecular flexibility index (Phi) is 5.61. The van der Waals surface area contributed by atoms with Crippen LogP contribution in [0.3, 0.4) is 0 Å². The number of amides is 3. The fourth-order valence-corrected chi connectivity index (χ4v) is 2.36. The number of carbonyl (C=O) groups excluding carboxylic acids is 3. The number of phenolic OH excluding ortho intramolecular Hbond substituents is 1. The first-order valence-corrected chi connectivity index (χ1v) is 8.25. The van der Waals surface area contributed by atoms with E-state index in [9.17, 15) is 19.5 Å². The third-order valence-corrected chi connectivity index (χ3v) is 3.74. The van der Waals surface area contributed by atoms with Crippen LogP contribution < -0.4 is 16.2 Å². The number of hydrogen-bond acceptors (Lipinski definition) is 5. The summed E-state index contributed by atoms with van der Waals surface area (Å²) in [7, 11) is 0. The minimum Gasteiger partial charge on any atom is -0.507 e. The molecule has 140 valence electrons. The number of anilines is 1. The molecule has 0 unspecified atom stereocenters. The Morgan fingerprint density at radius 1 is 0.786 bits per heavy atom. The molecule has 0 atom stereocenters. The van der Waals surface area contributed by atoms with Gasteiger partial charge in [-0.1, -0.05) is 18.2 Å². The van der Waals surface area contributed by atoms with Crippen molar-refractivity contribution in [3.63, 3.8) is 0 Å². The standard InChI is InChI=1S/C20H16N4O4/c25-17-9-2-1-8-16(17)20(28)24-23-19(27)13-5-3-7-15(11-13)22-18(26)14-6-4-10-21-12-14/h1-12,25H,(H,22,26)(H,23,27)(H,24,28). The van der Waals surface area contributed by atoms with Gasteiger partial charge in [0.25, 0.3) is 17.7 Å². The lowest BCUT2D eigenvalue weighted by atomic mass is 10.2. The molecular formula is C20H16N4O4. The molecule has 0 saturated carbocycles. The minimum absolute atomic E-state index is 0.0280. The molecule has 0 aliphatic heterocycles. The number of hydrogen-bond donors (Lipinski definition) is 4. The van der Waals surface area contributed by atoms with E-state index in [1.807, 2.05) is 0 Å². The van der Waals surface area contributed by atoms with E-state index in [1.54, 1.807) is 42.6 Å². The van der Waals surface area contributed by atoms with Gasteiger partial charge in [-0.15, -0.1) is 0 Å². The van der Waals surface area contributed by atoms with Gasteiger partial charge in [-0.05, 0) is 42.5 Å². The molecule has 0 bridgehead atoms. The van der Waals surface area contributed by atoms with E-state index in [2.05, 4.69) is 21.2 Å². The van der Waals surface area contributed by atoms with Crippen LogP contribution in [0.1, 0.15) is 31.1 Å². The lowest BCUT2D eigenvalue weighted by Crippen LogP contribution is -2.41. The molecule has 3 amide bonds. The van der Waals surface area contributed by atoms with Crippen molar-refractivity contribution in [2.45, 2.75) is 0 Å². The van der Waals surface area contributed by atoms with Gasteiger partial charge in [-0.2, -0.15) is 0 Å². The van der Waals surface area contributed by atoms with Crippen molar-refractivity contribution in [2.24, 2.45) is 0 Å². The van der Waals surface area contributed by atoms with E-state index >= 15 is 0 Å². The first-order valence-electron chi connectivity index (χ1n) is 8.25. The molecule has 1 heterocycles. The van der Waals surface area contributed by atoms with Gasteiger partial charge in [0.05, 0.1) is 11.1 Å². The van der Waals surface area contributed by atoms with Gasteiger partial charge in [0.15, 0.2) is 0 Å². The van der Waals surface area contributed by atoms with Crippen LogP contribution in [0.2, 0.25) is 0 Å². The van der Waals surface area contributed by atoms with Crippen molar-refractivity contribution in [3.05, 3.63) is 89.7 Å². The fraction of sp³-hybridized carbons (Fsp3) is 0. The summed E-state index contributed by atoms with van der Waals surface area (Å²) < 4.78 is 0. The average molecular weight is 376 g/mol. The third kappa shape index (κ3) is 4.50. The maximum Gasteiger partial charge on any atom is 0.273 e. The van der Waals surface area contributed by atoms with Crippen LogP contribution in [0.4, 0.5) is 5.69 Å². The maximum absolute atomic E-state index is 12.3. The number of hydrazine groups is 1. The molecule has 0 spiro atoms. The van der Waals surface area contributed by atoms with Gasteiger partial charge in [0.2, 0.25) is 0 Å². The highest BCUT2D eigenvalue weighted by Gasteiger charge is 2.13. The quantitative estimate of drug-likeness (QED) is 0.520. The second-order valence-corrected chi connectivity index (χ2v) is 5.70. The van der Waals surface area contributed by atoms with E-state index in [4.69, 9.17) is 0 Å². The number of benzene rings is 2. The van der Waals surface area contributed by atoms with E-state index in [0.717, 1.165) is 0 Å². The highest BCUT2D eigenvalue weighted by Crippen LogP contribution is 2.15. The zero-order valence-electron chi connectivity index (χ0n) is 14.5. The Morgan fingerprint density at radius 3 is 2.29 bits per heavy atom. The van der Waals surface area contributed by atoms with Gasteiger partial charge >= 0.3 is 0 Å². The van der Waals surface area contributed by atoms with Gasteiger partial charge in [0.1, 0.15) is 5.75 Å². The lowest BCUT2D eigenvalue weighted by Gasteiger charge is -2.10. The van der Waals surface area contributed by atoms with Crippen LogP contribution in [-0.2, 0) is 0 Å². The normalized spacial score (nSPS) is 10.0. The summed E-state index contributed by atoms with van der Waals surface area (Å²) in [5.41, 5.74) is 5.54. The van der Waals surface area contributed by atoms with Crippen LogP contribution in [0.25, 0.3) is 0 Å². The molecular weight excluding hydrogens is 360 g/mol. The topological polar surface area (TPSA) is 120 Å². The first kappa shape index (κ1) is 18.6. The van der Waals surface area contributed by atoms with Gasteiger partial charge in [-0.25, -0.2) is 0 Å². The number of para-hydroxylation sites is 1. The molecule has 0 aliphatic rings. The van der Waals surface area contributed by atoms with Crippen LogP contribution in [0, 0.1) is 0 Å². The summed E-state index contributed by atoms with van der Waals surface area (Å²) in [5.74, 6) is -1.80. The van der Waals surface area contributed by atoms with Crippen molar-refractivity contribution in [3.8, 4) is 5.75 Å². The van der Waals surface area contributed by atoms with Crippen LogP contribution in [0.5, 0.6) is 5.75 Å². The number of aromatic hydroxyl groups is 1. The SMILES string of the molecule is O=C(NNC(=O)c1ccccc1O)c1cccc(NC(=O)c2cccnc2)c1.